The van der Waals surface area contributed by atoms with E-state index in [-0.39, 0.29) is 16.5 Å². The molecule has 0 saturated carbocycles. The summed E-state index contributed by atoms with van der Waals surface area (Å²) in [5, 5.41) is -0.00907. The Morgan fingerprint density at radius 3 is 2.11 bits per heavy atom. The topological polar surface area (TPSA) is 9.23 Å². The Labute approximate surface area is 204 Å². The van der Waals surface area contributed by atoms with Crippen LogP contribution in [0.2, 0.25) is 5.02 Å². The first-order valence-electron chi connectivity index (χ1n) is 11.1. The molecular formula is C27H21ClF6O. The second-order valence-electron chi connectivity index (χ2n) is 8.46. The molecule has 0 saturated heterocycles. The van der Waals surface area contributed by atoms with Crippen molar-refractivity contribution in [3.8, 4) is 16.9 Å². The summed E-state index contributed by atoms with van der Waals surface area (Å²) in [7, 11) is 0. The highest BCUT2D eigenvalue weighted by molar-refractivity contribution is 6.32. The fourth-order valence-electron chi connectivity index (χ4n) is 4.19. The molecule has 35 heavy (non-hydrogen) atoms. The third-order valence-corrected chi connectivity index (χ3v) is 6.62. The second-order valence-corrected chi connectivity index (χ2v) is 8.84. The van der Waals surface area contributed by atoms with E-state index < -0.39 is 40.7 Å². The second kappa shape index (κ2) is 9.97. The van der Waals surface area contributed by atoms with Crippen LogP contribution in [-0.2, 0) is 6.11 Å². The number of allylic oxidation sites excluding steroid dienone is 2. The molecule has 2 atom stereocenters. The molecular weight excluding hydrogens is 490 g/mol. The van der Waals surface area contributed by atoms with Crippen LogP contribution in [0.4, 0.5) is 26.3 Å². The van der Waals surface area contributed by atoms with Gasteiger partial charge in [0.2, 0.25) is 0 Å². The van der Waals surface area contributed by atoms with Gasteiger partial charge in [-0.3, -0.25) is 0 Å². The molecule has 1 aliphatic rings. The first-order valence-corrected chi connectivity index (χ1v) is 11.5. The average Bonchev–Trinajstić information content (AvgIpc) is 2.84. The van der Waals surface area contributed by atoms with Gasteiger partial charge >= 0.3 is 6.11 Å². The van der Waals surface area contributed by atoms with E-state index in [4.69, 9.17) is 11.6 Å². The zero-order chi connectivity index (χ0) is 25.3. The lowest BCUT2D eigenvalue weighted by Crippen LogP contribution is -2.22. The fourth-order valence-corrected chi connectivity index (χ4v) is 4.50. The van der Waals surface area contributed by atoms with E-state index in [1.807, 2.05) is 6.08 Å². The molecule has 0 spiro atoms. The van der Waals surface area contributed by atoms with E-state index in [9.17, 15) is 22.0 Å². The first kappa shape index (κ1) is 25.2. The Morgan fingerprint density at radius 2 is 1.54 bits per heavy atom. The lowest BCUT2D eigenvalue weighted by molar-refractivity contribution is -0.185. The first-order chi connectivity index (χ1) is 16.6. The van der Waals surface area contributed by atoms with Crippen LogP contribution < -0.4 is 4.74 Å². The van der Waals surface area contributed by atoms with Crippen molar-refractivity contribution in [1.29, 1.82) is 0 Å². The number of halogens is 7. The van der Waals surface area contributed by atoms with Gasteiger partial charge in [0.05, 0.1) is 10.6 Å². The molecule has 2 unspecified atom stereocenters. The molecule has 3 aromatic carbocycles. The number of hydrogen-bond donors (Lipinski definition) is 0. The van der Waals surface area contributed by atoms with Crippen molar-refractivity contribution in [2.24, 2.45) is 5.92 Å². The van der Waals surface area contributed by atoms with Crippen LogP contribution in [0.3, 0.4) is 0 Å². The van der Waals surface area contributed by atoms with E-state index in [1.54, 1.807) is 12.1 Å². The molecule has 1 aliphatic carbocycles. The Hall–Kier alpha value is -2.93. The minimum Gasteiger partial charge on any atom is -0.429 e. The van der Waals surface area contributed by atoms with E-state index in [1.165, 1.54) is 12.1 Å². The molecule has 0 amide bonds. The van der Waals surface area contributed by atoms with Gasteiger partial charge in [-0.15, -0.1) is 0 Å². The Bertz CT molecular complexity index is 1230. The molecule has 184 valence electrons. The van der Waals surface area contributed by atoms with Gasteiger partial charge in [-0.1, -0.05) is 54.9 Å². The summed E-state index contributed by atoms with van der Waals surface area (Å²) in [5.41, 5.74) is 0.476. The Balaban J connectivity index is 1.56. The van der Waals surface area contributed by atoms with E-state index in [2.05, 4.69) is 17.7 Å². The summed E-state index contributed by atoms with van der Waals surface area (Å²) in [5.74, 6) is -6.12. The van der Waals surface area contributed by atoms with Gasteiger partial charge in [0, 0.05) is 23.6 Å². The maximum atomic E-state index is 15.1. The summed E-state index contributed by atoms with van der Waals surface area (Å²) in [6, 6.07) is 8.48. The van der Waals surface area contributed by atoms with Crippen LogP contribution >= 0.6 is 11.6 Å². The van der Waals surface area contributed by atoms with Crippen LogP contribution in [0.1, 0.15) is 43.2 Å². The molecule has 0 N–H and O–H groups in total. The lowest BCUT2D eigenvalue weighted by Gasteiger charge is -2.23. The molecule has 3 aromatic rings. The van der Waals surface area contributed by atoms with Crippen LogP contribution in [0.15, 0.2) is 60.7 Å². The number of hydrogen-bond acceptors (Lipinski definition) is 1. The smallest absolute Gasteiger partial charge is 0.426 e. The molecule has 0 bridgehead atoms. The van der Waals surface area contributed by atoms with E-state index in [0.717, 1.165) is 31.4 Å². The number of rotatable bonds is 6. The molecule has 4 rings (SSSR count). The quantitative estimate of drug-likeness (QED) is 0.182. The third-order valence-electron chi connectivity index (χ3n) is 6.24. The SMILES string of the molecule is CCC1C=CC(c2ccc(-c3ccc(C(F)(F)Oc4cc(F)c(F)c(F)c4)cc3)c(F)c2Cl)CC1. The molecule has 0 heterocycles. The van der Waals surface area contributed by atoms with Crippen LogP contribution in [0.25, 0.3) is 11.1 Å². The van der Waals surface area contributed by atoms with Gasteiger partial charge in [-0.05, 0) is 48.4 Å². The highest BCUT2D eigenvalue weighted by Crippen LogP contribution is 2.40. The summed E-state index contributed by atoms with van der Waals surface area (Å²) < 4.78 is 88.3. The summed E-state index contributed by atoms with van der Waals surface area (Å²) in [4.78, 5) is 0. The molecule has 1 nitrogen and oxygen atoms in total. The maximum absolute atomic E-state index is 15.1. The third kappa shape index (κ3) is 5.20. The van der Waals surface area contributed by atoms with E-state index >= 15 is 4.39 Å². The molecule has 0 aliphatic heterocycles. The molecule has 0 aromatic heterocycles. The standard InChI is InChI=1S/C27H21ClF6O/c1-2-15-3-5-16(6-4-15)20-11-12-21(25(31)24(20)28)17-7-9-18(10-8-17)27(33,34)35-19-13-22(29)26(32)23(30)14-19/h3,5,7-16H,2,4,6H2,1H3. The monoisotopic (exact) mass is 510 g/mol. The predicted octanol–water partition coefficient (Wildman–Crippen LogP) is 9.15. The van der Waals surface area contributed by atoms with Gasteiger partial charge in [0.25, 0.3) is 0 Å². The van der Waals surface area contributed by atoms with Crippen molar-refractivity contribution < 1.29 is 31.1 Å². The number of alkyl halides is 2. The average molecular weight is 511 g/mol. The highest BCUT2D eigenvalue weighted by Gasteiger charge is 2.35. The normalized spacial score (nSPS) is 18.1. The van der Waals surface area contributed by atoms with Gasteiger partial charge in [-0.25, -0.2) is 17.6 Å². The van der Waals surface area contributed by atoms with E-state index in [0.29, 0.717) is 29.2 Å². The molecule has 0 fully saturated rings. The largest absolute Gasteiger partial charge is 0.429 e. The van der Waals surface area contributed by atoms with Crippen molar-refractivity contribution in [2.75, 3.05) is 0 Å². The zero-order valence-electron chi connectivity index (χ0n) is 18.6. The lowest BCUT2D eigenvalue weighted by atomic mass is 9.83. The number of benzene rings is 3. The summed E-state index contributed by atoms with van der Waals surface area (Å²) in [6.45, 7) is 2.12. The van der Waals surface area contributed by atoms with Crippen LogP contribution in [-0.4, -0.2) is 0 Å². The van der Waals surface area contributed by atoms with Crippen molar-refractivity contribution >= 4 is 11.6 Å². The minimum atomic E-state index is -3.99. The maximum Gasteiger partial charge on any atom is 0.426 e. The number of ether oxygens (including phenoxy) is 1. The van der Waals surface area contributed by atoms with Gasteiger partial charge in [-0.2, -0.15) is 8.78 Å². The Morgan fingerprint density at radius 1 is 0.886 bits per heavy atom. The molecule has 0 radical (unpaired) electrons. The summed E-state index contributed by atoms with van der Waals surface area (Å²) >= 11 is 6.35. The highest BCUT2D eigenvalue weighted by atomic mass is 35.5. The van der Waals surface area contributed by atoms with Gasteiger partial charge < -0.3 is 4.74 Å². The van der Waals surface area contributed by atoms with Crippen LogP contribution in [0, 0.1) is 29.2 Å². The van der Waals surface area contributed by atoms with Gasteiger partial charge in [0.1, 0.15) is 11.6 Å². The molecule has 8 heteroatoms. The predicted molar refractivity (Wildman–Crippen MR) is 123 cm³/mol. The zero-order valence-corrected chi connectivity index (χ0v) is 19.4. The fraction of sp³-hybridized carbons (Fsp3) is 0.259. The Kier molecular flexibility index (Phi) is 7.17. The summed E-state index contributed by atoms with van der Waals surface area (Å²) in [6.07, 6.45) is 3.09. The van der Waals surface area contributed by atoms with Gasteiger partial charge in [0.15, 0.2) is 17.5 Å². The van der Waals surface area contributed by atoms with Crippen molar-refractivity contribution in [3.05, 3.63) is 100 Å². The van der Waals surface area contributed by atoms with Crippen LogP contribution in [0.5, 0.6) is 5.75 Å². The van der Waals surface area contributed by atoms with Crippen molar-refractivity contribution in [2.45, 2.75) is 38.2 Å². The minimum absolute atomic E-state index is 0.00759. The van der Waals surface area contributed by atoms with Crippen molar-refractivity contribution in [3.63, 3.8) is 0 Å². The van der Waals surface area contributed by atoms with Crippen molar-refractivity contribution in [1.82, 2.24) is 0 Å².